The molecular weight excluding hydrogens is 510 g/mol. The maximum atomic E-state index is 13.1. The topological polar surface area (TPSA) is 111 Å². The van der Waals surface area contributed by atoms with Crippen LogP contribution in [0.15, 0.2) is 24.3 Å². The third kappa shape index (κ3) is 7.10. The lowest BCUT2D eigenvalue weighted by molar-refractivity contribution is -0.150. The number of hydrogen-bond acceptors (Lipinski definition) is 10. The highest BCUT2D eigenvalue weighted by molar-refractivity contribution is 5.82. The van der Waals surface area contributed by atoms with Crippen molar-refractivity contribution >= 4 is 12.1 Å². The molecule has 3 rings (SSSR count). The van der Waals surface area contributed by atoms with Crippen LogP contribution in [0.4, 0.5) is 4.79 Å². The van der Waals surface area contributed by atoms with Crippen LogP contribution >= 0.6 is 0 Å². The van der Waals surface area contributed by atoms with Crippen molar-refractivity contribution in [2.24, 2.45) is 0 Å². The van der Waals surface area contributed by atoms with E-state index in [-0.39, 0.29) is 12.4 Å². The van der Waals surface area contributed by atoms with Crippen molar-refractivity contribution in [2.45, 2.75) is 38.1 Å². The fourth-order valence-electron chi connectivity index (χ4n) is 4.50. The minimum absolute atomic E-state index is 0.196. The summed E-state index contributed by atoms with van der Waals surface area (Å²) in [7, 11) is 9.11. The summed E-state index contributed by atoms with van der Waals surface area (Å²) in [6, 6.07) is 6.06. The van der Waals surface area contributed by atoms with E-state index in [0.29, 0.717) is 60.3 Å². The molecular formula is C28H37NO10. The maximum absolute atomic E-state index is 13.1. The van der Waals surface area contributed by atoms with Gasteiger partial charge in [0.05, 0.1) is 49.3 Å². The number of rotatable bonds is 12. The zero-order chi connectivity index (χ0) is 28.4. The molecule has 0 spiro atoms. The number of amides is 1. The number of ether oxygens (including phenoxy) is 8. The van der Waals surface area contributed by atoms with E-state index in [2.05, 4.69) is 0 Å². The fourth-order valence-corrected chi connectivity index (χ4v) is 4.50. The van der Waals surface area contributed by atoms with Crippen LogP contribution in [-0.2, 0) is 16.0 Å². The maximum Gasteiger partial charge on any atom is 0.415 e. The Bertz CT molecular complexity index is 1090. The summed E-state index contributed by atoms with van der Waals surface area (Å²) in [4.78, 5) is 27.4. The Balaban J connectivity index is 1.61. The minimum Gasteiger partial charge on any atom is -0.493 e. The molecule has 0 aliphatic carbocycles. The number of carbonyl (C=O) groups excluding carboxylic acids is 2. The van der Waals surface area contributed by atoms with Crippen LogP contribution in [-0.4, -0.2) is 78.8 Å². The van der Waals surface area contributed by atoms with Gasteiger partial charge >= 0.3 is 12.1 Å². The number of benzene rings is 2. The van der Waals surface area contributed by atoms with Gasteiger partial charge in [0, 0.05) is 18.7 Å². The molecule has 39 heavy (non-hydrogen) atoms. The highest BCUT2D eigenvalue weighted by atomic mass is 16.6. The second-order valence-electron chi connectivity index (χ2n) is 8.74. The first kappa shape index (κ1) is 29.5. The van der Waals surface area contributed by atoms with Crippen LogP contribution in [0.25, 0.3) is 0 Å². The molecule has 1 unspecified atom stereocenters. The van der Waals surface area contributed by atoms with E-state index in [1.165, 1.54) is 38.4 Å². The predicted octanol–water partition coefficient (Wildman–Crippen LogP) is 4.27. The molecule has 1 saturated heterocycles. The first-order valence-electron chi connectivity index (χ1n) is 12.6. The normalized spacial score (nSPS) is 14.7. The van der Waals surface area contributed by atoms with Gasteiger partial charge in [-0.1, -0.05) is 0 Å². The molecule has 11 heteroatoms. The number of piperidine rings is 1. The first-order chi connectivity index (χ1) is 18.9. The van der Waals surface area contributed by atoms with Gasteiger partial charge in [0.25, 0.3) is 0 Å². The second kappa shape index (κ2) is 14.2. The Kier molecular flexibility index (Phi) is 10.8. The molecule has 11 nitrogen and oxygen atoms in total. The minimum atomic E-state index is -0.727. The lowest BCUT2D eigenvalue weighted by Gasteiger charge is -2.33. The highest BCUT2D eigenvalue weighted by Crippen LogP contribution is 2.41. The molecule has 2 aromatic carbocycles. The smallest absolute Gasteiger partial charge is 0.415 e. The van der Waals surface area contributed by atoms with Gasteiger partial charge in [-0.25, -0.2) is 9.59 Å². The molecule has 1 aliphatic rings. The molecule has 1 aliphatic heterocycles. The lowest BCUT2D eigenvalue weighted by Crippen LogP contribution is -2.49. The molecule has 1 heterocycles. The van der Waals surface area contributed by atoms with E-state index in [1.54, 1.807) is 21.3 Å². The molecule has 0 aromatic heterocycles. The Morgan fingerprint density at radius 2 is 1.31 bits per heavy atom. The number of esters is 1. The van der Waals surface area contributed by atoms with Crippen molar-refractivity contribution in [3.63, 3.8) is 0 Å². The van der Waals surface area contributed by atoms with Crippen LogP contribution in [0.1, 0.15) is 31.2 Å². The summed E-state index contributed by atoms with van der Waals surface area (Å²) in [5.74, 6) is 2.47. The van der Waals surface area contributed by atoms with E-state index in [4.69, 9.17) is 37.9 Å². The van der Waals surface area contributed by atoms with Gasteiger partial charge in [-0.05, 0) is 49.8 Å². The van der Waals surface area contributed by atoms with E-state index >= 15 is 0 Å². The predicted molar refractivity (Wildman–Crippen MR) is 142 cm³/mol. The van der Waals surface area contributed by atoms with E-state index in [9.17, 15) is 9.59 Å². The van der Waals surface area contributed by atoms with Crippen LogP contribution in [0, 0.1) is 0 Å². The highest BCUT2D eigenvalue weighted by Gasteiger charge is 2.35. The van der Waals surface area contributed by atoms with Gasteiger partial charge in [-0.2, -0.15) is 0 Å². The first-order valence-corrected chi connectivity index (χ1v) is 12.6. The lowest BCUT2D eigenvalue weighted by atomic mass is 10.0. The summed E-state index contributed by atoms with van der Waals surface area (Å²) < 4.78 is 43.3. The summed E-state index contributed by atoms with van der Waals surface area (Å²) in [6.07, 6.45) is 2.61. The Morgan fingerprint density at radius 3 is 1.82 bits per heavy atom. The summed E-state index contributed by atoms with van der Waals surface area (Å²) >= 11 is 0. The molecule has 1 fully saturated rings. The van der Waals surface area contributed by atoms with Crippen LogP contribution in [0.3, 0.4) is 0 Å². The standard InChI is InChI=1S/C28H37NO10/c1-32-21-14-18(15-22(33-2)25(21)36-5)10-9-13-38-27(30)20-11-7-8-12-29(20)28(31)39-19-16-23(34-3)26(37-6)24(17-19)35-4/h14-17,20H,7-13H2,1-6H3. The Hall–Kier alpha value is -4.02. The van der Waals surface area contributed by atoms with Crippen LogP contribution < -0.4 is 33.2 Å². The van der Waals surface area contributed by atoms with Gasteiger partial charge in [-0.15, -0.1) is 0 Å². The van der Waals surface area contributed by atoms with Crippen LogP contribution in [0.2, 0.25) is 0 Å². The van der Waals surface area contributed by atoms with Gasteiger partial charge < -0.3 is 37.9 Å². The van der Waals surface area contributed by atoms with Crippen molar-refractivity contribution in [2.75, 3.05) is 55.8 Å². The Labute approximate surface area is 228 Å². The molecule has 0 N–H and O–H groups in total. The molecule has 214 valence electrons. The van der Waals surface area contributed by atoms with Crippen molar-refractivity contribution in [3.8, 4) is 40.2 Å². The average molecular weight is 548 g/mol. The zero-order valence-electron chi connectivity index (χ0n) is 23.4. The molecule has 0 radical (unpaired) electrons. The summed E-state index contributed by atoms with van der Waals surface area (Å²) in [5.41, 5.74) is 0.953. The summed E-state index contributed by atoms with van der Waals surface area (Å²) in [5, 5.41) is 0. The largest absolute Gasteiger partial charge is 0.493 e. The quantitative estimate of drug-likeness (QED) is 0.282. The van der Waals surface area contributed by atoms with Gasteiger partial charge in [0.15, 0.2) is 23.0 Å². The second-order valence-corrected chi connectivity index (χ2v) is 8.74. The van der Waals surface area contributed by atoms with Crippen LogP contribution in [0.5, 0.6) is 40.2 Å². The van der Waals surface area contributed by atoms with Crippen molar-refractivity contribution in [1.29, 1.82) is 0 Å². The van der Waals surface area contributed by atoms with Gasteiger partial charge in [0.1, 0.15) is 11.8 Å². The zero-order valence-corrected chi connectivity index (χ0v) is 23.4. The molecule has 2 aromatic rings. The van der Waals surface area contributed by atoms with Crippen molar-refractivity contribution in [1.82, 2.24) is 4.90 Å². The number of likely N-dealkylation sites (tertiary alicyclic amines) is 1. The van der Waals surface area contributed by atoms with Gasteiger partial charge in [-0.3, -0.25) is 4.90 Å². The fraction of sp³-hybridized carbons (Fsp3) is 0.500. The molecule has 0 bridgehead atoms. The van der Waals surface area contributed by atoms with Gasteiger partial charge in [0.2, 0.25) is 11.5 Å². The van der Waals surface area contributed by atoms with E-state index in [1.807, 2.05) is 12.1 Å². The SMILES string of the molecule is COc1cc(CCCOC(=O)C2CCCCN2C(=O)Oc2cc(OC)c(OC)c(OC)c2)cc(OC)c1OC. The average Bonchev–Trinajstić information content (AvgIpc) is 2.97. The number of carbonyl (C=O) groups is 2. The third-order valence-corrected chi connectivity index (χ3v) is 6.43. The number of aryl methyl sites for hydroxylation is 1. The number of hydrogen-bond donors (Lipinski definition) is 0. The molecule has 1 atom stereocenters. The van der Waals surface area contributed by atoms with Crippen molar-refractivity contribution in [3.05, 3.63) is 29.8 Å². The molecule has 0 saturated carbocycles. The number of methoxy groups -OCH3 is 6. The monoisotopic (exact) mass is 547 g/mol. The Morgan fingerprint density at radius 1 is 0.769 bits per heavy atom. The third-order valence-electron chi connectivity index (χ3n) is 6.43. The summed E-state index contributed by atoms with van der Waals surface area (Å²) in [6.45, 7) is 0.580. The van der Waals surface area contributed by atoms with E-state index < -0.39 is 18.1 Å². The van der Waals surface area contributed by atoms with E-state index in [0.717, 1.165) is 18.4 Å². The van der Waals surface area contributed by atoms with Crippen molar-refractivity contribution < 1.29 is 47.5 Å². The number of nitrogens with zero attached hydrogens (tertiary/aromatic N) is 1. The molecule has 1 amide bonds.